The molecule has 0 heterocycles. The summed E-state index contributed by atoms with van der Waals surface area (Å²) in [5.74, 6) is 0. The van der Waals surface area contributed by atoms with Gasteiger partial charge in [0.05, 0.1) is 0 Å². The Labute approximate surface area is 42.9 Å². The number of isocyanates is 1. The number of carbonyl (C=O) groups excluding carboxylic acids is 1. The molecule has 0 spiro atoms. The maximum absolute atomic E-state index is 9.04. The summed E-state index contributed by atoms with van der Waals surface area (Å²) in [6.45, 7) is 9.12. The molecular formula is C5H7NO. The van der Waals surface area contributed by atoms with Crippen molar-refractivity contribution >= 4 is 6.08 Å². The van der Waals surface area contributed by atoms with Gasteiger partial charge in [0.2, 0.25) is 6.08 Å². The molecule has 0 aliphatic rings. The van der Waals surface area contributed by atoms with Crippen LogP contribution < -0.4 is 0 Å². The number of hydrogen-bond donors (Lipinski definition) is 0. The van der Waals surface area contributed by atoms with E-state index in [0.717, 1.165) is 6.20 Å². The molecule has 0 aliphatic heterocycles. The van der Waals surface area contributed by atoms with Gasteiger partial charge in [-0.05, 0) is 0 Å². The average Bonchev–Trinajstić information content (AvgIpc) is 1.75. The minimum atomic E-state index is 1.13. The molecule has 0 N–H and O–H groups in total. The molecule has 0 aromatic rings. The first-order valence-corrected chi connectivity index (χ1v) is 1.59. The third-order valence-electron chi connectivity index (χ3n) is 0.144. The molecule has 0 aliphatic carbocycles. The number of hydrogen-bond acceptors (Lipinski definition) is 2. The van der Waals surface area contributed by atoms with Gasteiger partial charge in [-0.3, -0.25) is 0 Å². The van der Waals surface area contributed by atoms with Crippen molar-refractivity contribution in [2.24, 2.45) is 4.99 Å². The van der Waals surface area contributed by atoms with Crippen LogP contribution in [0.25, 0.3) is 0 Å². The lowest BCUT2D eigenvalue weighted by molar-refractivity contribution is 0.565. The third-order valence-corrected chi connectivity index (χ3v) is 0.144. The van der Waals surface area contributed by atoms with Gasteiger partial charge in [0.25, 0.3) is 0 Å². The highest BCUT2D eigenvalue weighted by Gasteiger charge is 1.40. The molecule has 0 unspecified atom stereocenters. The van der Waals surface area contributed by atoms with Gasteiger partial charge in [-0.25, -0.2) is 4.79 Å². The normalized spacial score (nSPS) is 4.00. The quantitative estimate of drug-likeness (QED) is 0.275. The summed E-state index contributed by atoms with van der Waals surface area (Å²) in [4.78, 5) is 12.0. The molecule has 38 valence electrons. The molecular weight excluding hydrogens is 90.1 g/mol. The molecule has 0 radical (unpaired) electrons. The largest absolute Gasteiger partial charge is 0.239 e. The standard InChI is InChI=1S/C3H3NO.C2H4/c1-2-4-3-5;1-2/h2H,1H2;1-2H2. The number of rotatable bonds is 1. The molecule has 0 aromatic carbocycles. The van der Waals surface area contributed by atoms with E-state index in [4.69, 9.17) is 4.79 Å². The van der Waals surface area contributed by atoms with Gasteiger partial charge in [0.15, 0.2) is 0 Å². The van der Waals surface area contributed by atoms with Crippen LogP contribution in [-0.4, -0.2) is 6.08 Å². The Morgan fingerprint density at radius 2 is 2.00 bits per heavy atom. The van der Waals surface area contributed by atoms with Crippen molar-refractivity contribution in [1.29, 1.82) is 0 Å². The van der Waals surface area contributed by atoms with Gasteiger partial charge in [-0.2, -0.15) is 4.99 Å². The summed E-state index contributed by atoms with van der Waals surface area (Å²) in [7, 11) is 0. The molecule has 0 fully saturated rings. The van der Waals surface area contributed by atoms with E-state index in [2.05, 4.69) is 24.7 Å². The number of nitrogens with zero attached hydrogens (tertiary/aromatic N) is 1. The molecule has 0 rings (SSSR count). The first kappa shape index (κ1) is 9.29. The van der Waals surface area contributed by atoms with E-state index < -0.39 is 0 Å². The first-order valence-electron chi connectivity index (χ1n) is 1.59. The van der Waals surface area contributed by atoms with Crippen LogP contribution in [0.2, 0.25) is 0 Å². The van der Waals surface area contributed by atoms with Gasteiger partial charge in [0, 0.05) is 6.20 Å². The van der Waals surface area contributed by atoms with Gasteiger partial charge in [0.1, 0.15) is 0 Å². The van der Waals surface area contributed by atoms with Gasteiger partial charge in [-0.1, -0.05) is 6.58 Å². The van der Waals surface area contributed by atoms with Crippen LogP contribution in [0.5, 0.6) is 0 Å². The molecule has 0 atom stereocenters. The summed E-state index contributed by atoms with van der Waals surface area (Å²) < 4.78 is 0. The van der Waals surface area contributed by atoms with E-state index in [1.165, 1.54) is 6.08 Å². The lowest BCUT2D eigenvalue weighted by atomic mass is 11.1. The van der Waals surface area contributed by atoms with Crippen molar-refractivity contribution in [1.82, 2.24) is 0 Å². The average molecular weight is 97.1 g/mol. The summed E-state index contributed by atoms with van der Waals surface area (Å²) >= 11 is 0. The summed E-state index contributed by atoms with van der Waals surface area (Å²) in [5, 5.41) is 0. The molecule has 7 heavy (non-hydrogen) atoms. The van der Waals surface area contributed by atoms with Crippen LogP contribution in [0, 0.1) is 0 Å². The van der Waals surface area contributed by atoms with E-state index in [9.17, 15) is 0 Å². The first-order chi connectivity index (χ1) is 3.41. The predicted molar refractivity (Wildman–Crippen MR) is 29.6 cm³/mol. The highest BCUT2D eigenvalue weighted by molar-refractivity contribution is 5.34. The van der Waals surface area contributed by atoms with Crippen molar-refractivity contribution in [2.45, 2.75) is 0 Å². The van der Waals surface area contributed by atoms with Crippen molar-refractivity contribution < 1.29 is 4.79 Å². The Hall–Kier alpha value is -1.14. The van der Waals surface area contributed by atoms with Crippen molar-refractivity contribution in [3.05, 3.63) is 25.9 Å². The van der Waals surface area contributed by atoms with Crippen LogP contribution in [0.3, 0.4) is 0 Å². The molecule has 0 amide bonds. The number of aliphatic imine (C=N–C) groups is 1. The van der Waals surface area contributed by atoms with Crippen LogP contribution >= 0.6 is 0 Å². The Morgan fingerprint density at radius 1 is 1.57 bits per heavy atom. The fourth-order valence-electron chi connectivity index (χ4n) is 0.0373. The molecule has 0 bridgehead atoms. The van der Waals surface area contributed by atoms with Crippen LogP contribution in [-0.2, 0) is 4.79 Å². The molecule has 0 aromatic heterocycles. The minimum absolute atomic E-state index is 1.13. The Balaban J connectivity index is 0. The molecule has 0 saturated heterocycles. The highest BCUT2D eigenvalue weighted by Crippen LogP contribution is 1.52. The van der Waals surface area contributed by atoms with Crippen molar-refractivity contribution in [2.75, 3.05) is 0 Å². The highest BCUT2D eigenvalue weighted by atomic mass is 16.1. The van der Waals surface area contributed by atoms with Gasteiger partial charge >= 0.3 is 0 Å². The topological polar surface area (TPSA) is 29.4 Å². The zero-order valence-electron chi connectivity index (χ0n) is 4.05. The van der Waals surface area contributed by atoms with Gasteiger partial charge in [-0.15, -0.1) is 13.2 Å². The van der Waals surface area contributed by atoms with E-state index >= 15 is 0 Å². The second kappa shape index (κ2) is 20.9. The zero-order chi connectivity index (χ0) is 6.12. The minimum Gasteiger partial charge on any atom is -0.211 e. The maximum Gasteiger partial charge on any atom is 0.239 e. The van der Waals surface area contributed by atoms with E-state index in [0.29, 0.717) is 0 Å². The monoisotopic (exact) mass is 97.1 g/mol. The Kier molecular flexibility index (Phi) is 27.8. The zero-order valence-corrected chi connectivity index (χ0v) is 4.05. The predicted octanol–water partition coefficient (Wildman–Crippen LogP) is 1.27. The molecule has 2 heteroatoms. The molecule has 2 nitrogen and oxygen atoms in total. The Bertz CT molecular complexity index is 82.1. The fourth-order valence-corrected chi connectivity index (χ4v) is 0.0373. The summed E-state index contributed by atoms with van der Waals surface area (Å²) in [6, 6.07) is 0. The van der Waals surface area contributed by atoms with Crippen LogP contribution in [0.15, 0.2) is 30.9 Å². The molecule has 0 saturated carbocycles. The lowest BCUT2D eigenvalue weighted by Gasteiger charge is -1.45. The fraction of sp³-hybridized carbons (Fsp3) is 0. The maximum atomic E-state index is 9.04. The second-order valence-electron chi connectivity index (χ2n) is 0.403. The van der Waals surface area contributed by atoms with Crippen molar-refractivity contribution in [3.63, 3.8) is 0 Å². The lowest BCUT2D eigenvalue weighted by Crippen LogP contribution is -1.37. The SMILES string of the molecule is C=C.C=CN=C=O. The van der Waals surface area contributed by atoms with Crippen LogP contribution in [0.1, 0.15) is 0 Å². The smallest absolute Gasteiger partial charge is 0.211 e. The van der Waals surface area contributed by atoms with Gasteiger partial charge < -0.3 is 0 Å². The van der Waals surface area contributed by atoms with Crippen LogP contribution in [0.4, 0.5) is 0 Å². The summed E-state index contributed by atoms with van der Waals surface area (Å²) in [5.41, 5.74) is 0. The summed E-state index contributed by atoms with van der Waals surface area (Å²) in [6.07, 6.45) is 2.41. The van der Waals surface area contributed by atoms with E-state index in [1.807, 2.05) is 0 Å². The van der Waals surface area contributed by atoms with Crippen molar-refractivity contribution in [3.8, 4) is 0 Å². The Morgan fingerprint density at radius 3 is 2.00 bits per heavy atom. The third kappa shape index (κ3) is 53.7. The van der Waals surface area contributed by atoms with E-state index in [1.54, 1.807) is 0 Å². The second-order valence-corrected chi connectivity index (χ2v) is 0.403. The van der Waals surface area contributed by atoms with E-state index in [-0.39, 0.29) is 0 Å².